The van der Waals surface area contributed by atoms with Crippen molar-refractivity contribution in [3.8, 4) is 22.3 Å². The molecule has 0 bridgehead atoms. The van der Waals surface area contributed by atoms with Crippen molar-refractivity contribution >= 4 is 86.6 Å². The molecule has 0 atom stereocenters. The molecule has 1 nitrogen and oxygen atoms in total. The number of hydrogen-bond donors (Lipinski definition) is 0. The molecule has 0 N–H and O–H groups in total. The summed E-state index contributed by atoms with van der Waals surface area (Å²) in [5, 5.41) is 17.8. The first-order valence-electron chi connectivity index (χ1n) is 16.9. The van der Waals surface area contributed by atoms with Crippen LogP contribution < -0.4 is 0 Å². The summed E-state index contributed by atoms with van der Waals surface area (Å²) >= 11 is 0. The molecule has 0 fully saturated rings. The molecule has 1 heterocycles. The first kappa shape index (κ1) is 26.6. The van der Waals surface area contributed by atoms with E-state index in [4.69, 9.17) is 4.42 Å². The Kier molecular flexibility index (Phi) is 5.45. The summed E-state index contributed by atoms with van der Waals surface area (Å²) in [6.07, 6.45) is 0. The number of furan rings is 1. The Labute approximate surface area is 282 Å². The predicted octanol–water partition coefficient (Wildman–Crippen LogP) is 13.8. The average molecular weight is 621 g/mol. The van der Waals surface area contributed by atoms with Gasteiger partial charge < -0.3 is 4.42 Å². The zero-order valence-corrected chi connectivity index (χ0v) is 26.6. The number of benzene rings is 10. The molecule has 1 heteroatoms. The van der Waals surface area contributed by atoms with Crippen LogP contribution in [0.4, 0.5) is 0 Å². The fourth-order valence-corrected chi connectivity index (χ4v) is 8.49. The summed E-state index contributed by atoms with van der Waals surface area (Å²) in [5.74, 6) is 0. The highest BCUT2D eigenvalue weighted by Gasteiger charge is 2.17. The Hall–Kier alpha value is -6.44. The zero-order valence-electron chi connectivity index (χ0n) is 26.6. The third kappa shape index (κ3) is 3.76. The van der Waals surface area contributed by atoms with E-state index in [1.165, 1.54) is 81.3 Å². The van der Waals surface area contributed by atoms with E-state index in [1.54, 1.807) is 0 Å². The van der Waals surface area contributed by atoms with Gasteiger partial charge in [-0.05, 0) is 111 Å². The molecular weight excluding hydrogens is 593 g/mol. The van der Waals surface area contributed by atoms with Gasteiger partial charge in [0, 0.05) is 10.8 Å². The summed E-state index contributed by atoms with van der Waals surface area (Å²) in [7, 11) is 0. The van der Waals surface area contributed by atoms with Crippen LogP contribution in [0.15, 0.2) is 174 Å². The van der Waals surface area contributed by atoms with Gasteiger partial charge in [-0.2, -0.15) is 0 Å². The summed E-state index contributed by atoms with van der Waals surface area (Å²) in [6, 6.07) is 62.1. The van der Waals surface area contributed by atoms with Gasteiger partial charge in [-0.15, -0.1) is 0 Å². The lowest BCUT2D eigenvalue weighted by Crippen LogP contribution is -1.90. The standard InChI is InChI=1S/C48H28O/c1-2-12-34-32(30-21-23-39-38-16-9-10-20-45(38)49-46(39)28-30)26-25-31(33(34)11-1)29-22-24-43-44(27-29)37-15-5-8-19-42(37)47-40-17-6-3-13-35(40)36-14-4-7-18-41(36)48(43)47/h1-28H. The van der Waals surface area contributed by atoms with E-state index in [1.807, 2.05) is 12.1 Å². The SMILES string of the molecule is c1ccc2c(c1)oc1cc(-c3ccc(-c4ccc5c(c4)c4ccccc4c4c6ccccc6c6ccccc6c54)c4ccccc34)ccc12. The fourth-order valence-electron chi connectivity index (χ4n) is 8.49. The number of para-hydroxylation sites is 1. The third-order valence-electron chi connectivity index (χ3n) is 10.6. The molecule has 0 radical (unpaired) electrons. The number of hydrogen-bond acceptors (Lipinski definition) is 1. The predicted molar refractivity (Wildman–Crippen MR) is 210 cm³/mol. The van der Waals surface area contributed by atoms with Crippen molar-refractivity contribution in [2.75, 3.05) is 0 Å². The van der Waals surface area contributed by atoms with Crippen LogP contribution in [0.1, 0.15) is 0 Å². The van der Waals surface area contributed by atoms with E-state index < -0.39 is 0 Å². The molecule has 0 saturated heterocycles. The zero-order chi connectivity index (χ0) is 32.1. The lowest BCUT2D eigenvalue weighted by molar-refractivity contribution is 0.669. The second-order valence-electron chi connectivity index (χ2n) is 13.2. The largest absolute Gasteiger partial charge is 0.456 e. The molecule has 49 heavy (non-hydrogen) atoms. The summed E-state index contributed by atoms with van der Waals surface area (Å²) < 4.78 is 6.28. The molecule has 11 aromatic rings. The van der Waals surface area contributed by atoms with Crippen LogP contribution in [0.25, 0.3) is 109 Å². The van der Waals surface area contributed by atoms with Gasteiger partial charge >= 0.3 is 0 Å². The highest BCUT2D eigenvalue weighted by Crippen LogP contribution is 2.45. The van der Waals surface area contributed by atoms with Crippen LogP contribution >= 0.6 is 0 Å². The van der Waals surface area contributed by atoms with Gasteiger partial charge in [0.1, 0.15) is 11.2 Å². The molecule has 0 aliphatic rings. The topological polar surface area (TPSA) is 13.1 Å². The third-order valence-corrected chi connectivity index (χ3v) is 10.6. The van der Waals surface area contributed by atoms with E-state index >= 15 is 0 Å². The van der Waals surface area contributed by atoms with E-state index in [-0.39, 0.29) is 0 Å². The van der Waals surface area contributed by atoms with Crippen LogP contribution in [0, 0.1) is 0 Å². The van der Waals surface area contributed by atoms with Gasteiger partial charge in [0.25, 0.3) is 0 Å². The van der Waals surface area contributed by atoms with Gasteiger partial charge in [-0.1, -0.05) is 146 Å². The maximum Gasteiger partial charge on any atom is 0.136 e. The smallest absolute Gasteiger partial charge is 0.136 e. The quantitative estimate of drug-likeness (QED) is 0.175. The van der Waals surface area contributed by atoms with Crippen LogP contribution in [0.2, 0.25) is 0 Å². The second kappa shape index (κ2) is 10.0. The minimum absolute atomic E-state index is 0.917. The highest BCUT2D eigenvalue weighted by atomic mass is 16.3. The second-order valence-corrected chi connectivity index (χ2v) is 13.2. The molecule has 1 aromatic heterocycles. The minimum Gasteiger partial charge on any atom is -0.456 e. The van der Waals surface area contributed by atoms with Crippen molar-refractivity contribution in [2.24, 2.45) is 0 Å². The van der Waals surface area contributed by atoms with Crippen LogP contribution in [-0.4, -0.2) is 0 Å². The molecule has 0 unspecified atom stereocenters. The Morgan fingerprint density at radius 2 is 0.633 bits per heavy atom. The van der Waals surface area contributed by atoms with E-state index in [2.05, 4.69) is 158 Å². The van der Waals surface area contributed by atoms with Crippen LogP contribution in [0.5, 0.6) is 0 Å². The molecular formula is C48H28O. The number of rotatable bonds is 2. The molecule has 10 aromatic carbocycles. The molecule has 226 valence electrons. The molecule has 11 rings (SSSR count). The van der Waals surface area contributed by atoms with Crippen LogP contribution in [-0.2, 0) is 0 Å². The average Bonchev–Trinajstić information content (AvgIpc) is 3.55. The maximum absolute atomic E-state index is 6.28. The van der Waals surface area contributed by atoms with Crippen molar-refractivity contribution in [1.82, 2.24) is 0 Å². The molecule has 0 aliphatic carbocycles. The summed E-state index contributed by atoms with van der Waals surface area (Å²) in [6.45, 7) is 0. The molecule has 0 saturated carbocycles. The van der Waals surface area contributed by atoms with E-state index in [0.717, 1.165) is 27.5 Å². The van der Waals surface area contributed by atoms with Gasteiger partial charge in [0.05, 0.1) is 0 Å². The fraction of sp³-hybridized carbons (Fsp3) is 0. The molecule has 0 spiro atoms. The van der Waals surface area contributed by atoms with Crippen molar-refractivity contribution in [2.45, 2.75) is 0 Å². The Morgan fingerprint density at radius 3 is 1.20 bits per heavy atom. The van der Waals surface area contributed by atoms with Crippen molar-refractivity contribution in [3.63, 3.8) is 0 Å². The Balaban J connectivity index is 1.17. The van der Waals surface area contributed by atoms with Gasteiger partial charge in [-0.3, -0.25) is 0 Å². The Morgan fingerprint density at radius 1 is 0.245 bits per heavy atom. The first-order chi connectivity index (χ1) is 24.3. The van der Waals surface area contributed by atoms with Crippen LogP contribution in [0.3, 0.4) is 0 Å². The lowest BCUT2D eigenvalue weighted by Gasteiger charge is -2.17. The van der Waals surface area contributed by atoms with E-state index in [0.29, 0.717) is 0 Å². The summed E-state index contributed by atoms with van der Waals surface area (Å²) in [5.41, 5.74) is 6.66. The molecule has 0 aliphatic heterocycles. The lowest BCUT2D eigenvalue weighted by atomic mass is 9.86. The van der Waals surface area contributed by atoms with E-state index in [9.17, 15) is 0 Å². The first-order valence-corrected chi connectivity index (χ1v) is 16.9. The normalized spacial score (nSPS) is 12.1. The summed E-state index contributed by atoms with van der Waals surface area (Å²) in [4.78, 5) is 0. The highest BCUT2D eigenvalue weighted by molar-refractivity contribution is 6.39. The molecule has 0 amide bonds. The van der Waals surface area contributed by atoms with Crippen molar-refractivity contribution in [3.05, 3.63) is 170 Å². The number of fused-ring (bicyclic) bond motifs is 15. The minimum atomic E-state index is 0.917. The van der Waals surface area contributed by atoms with Crippen molar-refractivity contribution < 1.29 is 4.42 Å². The van der Waals surface area contributed by atoms with Gasteiger partial charge in [0.15, 0.2) is 0 Å². The monoisotopic (exact) mass is 620 g/mol. The van der Waals surface area contributed by atoms with Gasteiger partial charge in [0.2, 0.25) is 0 Å². The van der Waals surface area contributed by atoms with Gasteiger partial charge in [-0.25, -0.2) is 0 Å². The maximum atomic E-state index is 6.28. The van der Waals surface area contributed by atoms with Crippen molar-refractivity contribution in [1.29, 1.82) is 0 Å². The Bertz CT molecular complexity index is 3160.